The number of hydrogen-bond acceptors (Lipinski definition) is 2. The lowest BCUT2D eigenvalue weighted by Gasteiger charge is -2.37. The van der Waals surface area contributed by atoms with Gasteiger partial charge in [0, 0.05) is 0 Å². The summed E-state index contributed by atoms with van der Waals surface area (Å²) in [5, 5.41) is 0. The molecule has 2 saturated carbocycles. The highest BCUT2D eigenvalue weighted by Gasteiger charge is 2.33. The third-order valence-electron chi connectivity index (χ3n) is 7.87. The van der Waals surface area contributed by atoms with Crippen LogP contribution in [0.4, 0.5) is 0 Å². The molecule has 2 aliphatic rings. The summed E-state index contributed by atoms with van der Waals surface area (Å²) < 4.78 is 5.63. The van der Waals surface area contributed by atoms with Crippen LogP contribution in [-0.2, 0) is 4.79 Å². The number of esters is 1. The molecule has 0 unspecified atom stereocenters. The minimum Gasteiger partial charge on any atom is -0.426 e. The van der Waals surface area contributed by atoms with Crippen molar-refractivity contribution in [1.29, 1.82) is 0 Å². The molecule has 2 nitrogen and oxygen atoms in total. The van der Waals surface area contributed by atoms with E-state index in [4.69, 9.17) is 4.74 Å². The molecular weight excluding hydrogens is 368 g/mol. The molecule has 0 bridgehead atoms. The van der Waals surface area contributed by atoms with Crippen LogP contribution in [0.3, 0.4) is 0 Å². The summed E-state index contributed by atoms with van der Waals surface area (Å²) in [6.45, 7) is 4.34. The maximum atomic E-state index is 12.5. The number of carbonyl (C=O) groups is 1. The van der Waals surface area contributed by atoms with Gasteiger partial charge >= 0.3 is 5.97 Å². The van der Waals surface area contributed by atoms with Crippen molar-refractivity contribution in [2.75, 3.05) is 0 Å². The minimum atomic E-state index is -0.0139. The van der Waals surface area contributed by atoms with Gasteiger partial charge in [-0.05, 0) is 75.3 Å². The smallest absolute Gasteiger partial charge is 0.314 e. The van der Waals surface area contributed by atoms with E-state index in [1.807, 2.05) is 24.3 Å². The lowest BCUT2D eigenvalue weighted by Crippen LogP contribution is -2.30. The van der Waals surface area contributed by atoms with E-state index >= 15 is 0 Å². The fourth-order valence-electron chi connectivity index (χ4n) is 5.79. The fourth-order valence-corrected chi connectivity index (χ4v) is 5.79. The van der Waals surface area contributed by atoms with E-state index in [0.717, 1.165) is 30.6 Å². The second kappa shape index (κ2) is 12.5. The number of carbonyl (C=O) groups excluding carboxylic acids is 1. The Bertz CT molecular complexity index is 604. The van der Waals surface area contributed by atoms with Crippen LogP contribution in [0, 0.1) is 30.6 Å². The number of ether oxygens (including phenoxy) is 1. The summed E-state index contributed by atoms with van der Waals surface area (Å²) in [6, 6.07) is 7.82. The summed E-state index contributed by atoms with van der Waals surface area (Å²) in [5.41, 5.74) is 1.19. The Morgan fingerprint density at radius 3 is 2.00 bits per heavy atom. The van der Waals surface area contributed by atoms with Crippen molar-refractivity contribution in [3.8, 4) is 5.75 Å². The Labute approximate surface area is 185 Å². The summed E-state index contributed by atoms with van der Waals surface area (Å²) >= 11 is 0. The van der Waals surface area contributed by atoms with Gasteiger partial charge in [-0.15, -0.1) is 0 Å². The zero-order chi connectivity index (χ0) is 21.2. The average molecular weight is 413 g/mol. The topological polar surface area (TPSA) is 26.3 Å². The van der Waals surface area contributed by atoms with Crippen molar-refractivity contribution >= 4 is 5.97 Å². The van der Waals surface area contributed by atoms with Crippen LogP contribution in [0.2, 0.25) is 0 Å². The summed E-state index contributed by atoms with van der Waals surface area (Å²) in [6.07, 6.45) is 20.3. The van der Waals surface area contributed by atoms with Crippen LogP contribution in [0.5, 0.6) is 5.75 Å². The van der Waals surface area contributed by atoms with E-state index < -0.39 is 0 Å². The summed E-state index contributed by atoms with van der Waals surface area (Å²) in [4.78, 5) is 12.5. The van der Waals surface area contributed by atoms with E-state index in [9.17, 15) is 4.79 Å². The van der Waals surface area contributed by atoms with Crippen LogP contribution in [0.15, 0.2) is 24.3 Å². The van der Waals surface area contributed by atoms with Crippen molar-refractivity contribution in [1.82, 2.24) is 0 Å². The average Bonchev–Trinajstić information content (AvgIpc) is 2.78. The molecule has 0 aromatic heterocycles. The van der Waals surface area contributed by atoms with E-state index in [-0.39, 0.29) is 11.9 Å². The number of benzene rings is 1. The Morgan fingerprint density at radius 2 is 1.37 bits per heavy atom. The van der Waals surface area contributed by atoms with Gasteiger partial charge < -0.3 is 4.74 Å². The molecule has 0 aliphatic heterocycles. The summed E-state index contributed by atoms with van der Waals surface area (Å²) in [5.74, 6) is 3.54. The first-order valence-corrected chi connectivity index (χ1v) is 12.9. The lowest BCUT2D eigenvalue weighted by molar-refractivity contribution is -0.140. The van der Waals surface area contributed by atoms with E-state index in [0.29, 0.717) is 5.75 Å². The molecule has 168 valence electrons. The molecule has 1 aromatic carbocycles. The molecule has 0 heterocycles. The minimum absolute atomic E-state index is 0.0139. The van der Waals surface area contributed by atoms with Crippen molar-refractivity contribution in [3.05, 3.63) is 29.8 Å². The molecule has 0 saturated heterocycles. The molecule has 1 aromatic rings. The molecule has 30 heavy (non-hydrogen) atoms. The maximum Gasteiger partial charge on any atom is 0.314 e. The molecular formula is C28H44O2. The summed E-state index contributed by atoms with van der Waals surface area (Å²) in [7, 11) is 0. The van der Waals surface area contributed by atoms with Crippen LogP contribution in [0.25, 0.3) is 0 Å². The Balaban J connectivity index is 1.30. The fraction of sp³-hybridized carbons (Fsp3) is 0.750. The molecule has 0 radical (unpaired) electrons. The SMILES string of the molecule is CCCCCCCCC1CCC(C2CCC(C(=O)Oc3ccc(C)cc3)CC2)CC1. The molecule has 2 fully saturated rings. The lowest BCUT2D eigenvalue weighted by atomic mass is 9.68. The predicted octanol–water partition coefficient (Wildman–Crippen LogP) is 8.26. The van der Waals surface area contributed by atoms with E-state index in [2.05, 4.69) is 13.8 Å². The quantitative estimate of drug-likeness (QED) is 0.219. The highest BCUT2D eigenvalue weighted by atomic mass is 16.5. The van der Waals surface area contributed by atoms with Gasteiger partial charge in [0.1, 0.15) is 5.75 Å². The van der Waals surface area contributed by atoms with Crippen molar-refractivity contribution in [2.24, 2.45) is 23.7 Å². The molecule has 0 atom stereocenters. The molecule has 0 spiro atoms. The zero-order valence-corrected chi connectivity index (χ0v) is 19.5. The van der Waals surface area contributed by atoms with Gasteiger partial charge in [0.2, 0.25) is 0 Å². The van der Waals surface area contributed by atoms with Gasteiger partial charge in [-0.25, -0.2) is 0 Å². The van der Waals surface area contributed by atoms with E-state index in [1.165, 1.54) is 89.0 Å². The number of aryl methyl sites for hydroxylation is 1. The largest absolute Gasteiger partial charge is 0.426 e. The third-order valence-corrected chi connectivity index (χ3v) is 7.87. The van der Waals surface area contributed by atoms with E-state index in [1.54, 1.807) is 0 Å². The highest BCUT2D eigenvalue weighted by molar-refractivity contribution is 5.75. The molecule has 0 N–H and O–H groups in total. The standard InChI is InChI=1S/C28H44O2/c1-3-4-5-6-7-8-9-23-12-14-24(15-13-23)25-16-18-26(19-17-25)28(29)30-27-20-10-22(2)11-21-27/h10-11,20-21,23-26H,3-9,12-19H2,1-2H3. The number of unbranched alkanes of at least 4 members (excludes halogenated alkanes) is 5. The van der Waals surface area contributed by atoms with Gasteiger partial charge in [0.25, 0.3) is 0 Å². The third kappa shape index (κ3) is 7.43. The second-order valence-electron chi connectivity index (χ2n) is 10.2. The maximum absolute atomic E-state index is 12.5. The van der Waals surface area contributed by atoms with Crippen molar-refractivity contribution < 1.29 is 9.53 Å². The first-order valence-electron chi connectivity index (χ1n) is 12.9. The predicted molar refractivity (Wildman–Crippen MR) is 126 cm³/mol. The van der Waals surface area contributed by atoms with Gasteiger partial charge in [0.05, 0.1) is 5.92 Å². The second-order valence-corrected chi connectivity index (χ2v) is 10.2. The highest BCUT2D eigenvalue weighted by Crippen LogP contribution is 2.42. The van der Waals surface area contributed by atoms with Crippen LogP contribution in [-0.4, -0.2) is 5.97 Å². The van der Waals surface area contributed by atoms with Crippen LogP contribution < -0.4 is 4.74 Å². The first kappa shape index (κ1) is 23.4. The Hall–Kier alpha value is -1.31. The number of rotatable bonds is 10. The monoisotopic (exact) mass is 412 g/mol. The van der Waals surface area contributed by atoms with Crippen molar-refractivity contribution in [2.45, 2.75) is 110 Å². The van der Waals surface area contributed by atoms with Gasteiger partial charge in [-0.2, -0.15) is 0 Å². The zero-order valence-electron chi connectivity index (χ0n) is 19.5. The molecule has 2 aliphatic carbocycles. The number of hydrogen-bond donors (Lipinski definition) is 0. The molecule has 3 rings (SSSR count). The Kier molecular flexibility index (Phi) is 9.75. The molecule has 2 heteroatoms. The van der Waals surface area contributed by atoms with Crippen LogP contribution in [0.1, 0.15) is 109 Å². The Morgan fingerprint density at radius 1 is 0.800 bits per heavy atom. The van der Waals surface area contributed by atoms with Gasteiger partial charge in [-0.3, -0.25) is 4.79 Å². The van der Waals surface area contributed by atoms with Gasteiger partial charge in [-0.1, -0.05) is 82.4 Å². The molecule has 0 amide bonds. The van der Waals surface area contributed by atoms with Crippen LogP contribution >= 0.6 is 0 Å². The van der Waals surface area contributed by atoms with Crippen molar-refractivity contribution in [3.63, 3.8) is 0 Å². The first-order chi connectivity index (χ1) is 14.7. The van der Waals surface area contributed by atoms with Gasteiger partial charge in [0.15, 0.2) is 0 Å². The normalized spacial score (nSPS) is 27.0.